The number of benzene rings is 5. The number of ether oxygens (including phenoxy) is 2. The fourth-order valence-corrected chi connectivity index (χ4v) is 7.75. The molecular formula is C37H28N2O4. The summed E-state index contributed by atoms with van der Waals surface area (Å²) in [5.74, 6) is -0.624. The van der Waals surface area contributed by atoms with Gasteiger partial charge in [-0.2, -0.15) is 0 Å². The number of imide groups is 1. The van der Waals surface area contributed by atoms with E-state index in [1.54, 1.807) is 20.3 Å². The van der Waals surface area contributed by atoms with Gasteiger partial charge in [-0.25, -0.2) is 4.90 Å². The Balaban J connectivity index is 1.39. The molecule has 4 aliphatic rings. The lowest BCUT2D eigenvalue weighted by Gasteiger charge is -2.52. The van der Waals surface area contributed by atoms with Gasteiger partial charge in [-0.15, -0.1) is 0 Å². The molecule has 210 valence electrons. The van der Waals surface area contributed by atoms with Gasteiger partial charge in [0.25, 0.3) is 0 Å². The van der Waals surface area contributed by atoms with Crippen molar-refractivity contribution >= 4 is 40.2 Å². The Morgan fingerprint density at radius 3 is 2.14 bits per heavy atom. The Kier molecular flexibility index (Phi) is 5.57. The minimum absolute atomic E-state index is 0.167. The number of hydrogen-bond acceptors (Lipinski definition) is 5. The first-order chi connectivity index (χ1) is 21.1. The van der Waals surface area contributed by atoms with Crippen molar-refractivity contribution in [1.29, 1.82) is 0 Å². The highest BCUT2D eigenvalue weighted by Gasteiger charge is 2.68. The minimum Gasteiger partial charge on any atom is -0.497 e. The fourth-order valence-electron chi connectivity index (χ4n) is 7.75. The second kappa shape index (κ2) is 9.39. The summed E-state index contributed by atoms with van der Waals surface area (Å²) < 4.78 is 11.1. The molecule has 43 heavy (non-hydrogen) atoms. The largest absolute Gasteiger partial charge is 0.497 e. The summed E-state index contributed by atoms with van der Waals surface area (Å²) in [5.41, 5.74) is 4.42. The predicted octanol–water partition coefficient (Wildman–Crippen LogP) is 6.81. The number of nitrogens with zero attached hydrogens (tertiary/aromatic N) is 2. The van der Waals surface area contributed by atoms with Crippen molar-refractivity contribution in [3.8, 4) is 11.5 Å². The first-order valence-electron chi connectivity index (χ1n) is 14.4. The fraction of sp³-hybridized carbons (Fsp3) is 0.162. The Labute approximate surface area is 249 Å². The molecule has 9 rings (SSSR count). The molecule has 0 aromatic heterocycles. The van der Waals surface area contributed by atoms with Crippen LogP contribution in [0.25, 0.3) is 10.8 Å². The van der Waals surface area contributed by atoms with Crippen LogP contribution in [-0.2, 0) is 15.0 Å². The molecule has 1 fully saturated rings. The molecule has 5 aromatic rings. The molecule has 6 nitrogen and oxygen atoms in total. The van der Waals surface area contributed by atoms with Gasteiger partial charge in [0.15, 0.2) is 0 Å². The first-order valence-corrected chi connectivity index (χ1v) is 14.4. The number of aliphatic imine (C=N–C) groups is 1. The maximum absolute atomic E-state index is 14.8. The number of carbonyl (C=O) groups excluding carboxylic acids is 2. The summed E-state index contributed by atoms with van der Waals surface area (Å²) in [5, 5.41) is 1.85. The Hall–Kier alpha value is -5.23. The Morgan fingerprint density at radius 2 is 1.42 bits per heavy atom. The van der Waals surface area contributed by atoms with E-state index in [1.165, 1.54) is 4.90 Å². The van der Waals surface area contributed by atoms with Gasteiger partial charge in [0.2, 0.25) is 11.8 Å². The van der Waals surface area contributed by atoms with Crippen LogP contribution >= 0.6 is 0 Å². The molecule has 5 aromatic carbocycles. The molecule has 0 radical (unpaired) electrons. The van der Waals surface area contributed by atoms with E-state index in [0.717, 1.165) is 33.0 Å². The van der Waals surface area contributed by atoms with E-state index in [9.17, 15) is 9.59 Å². The van der Waals surface area contributed by atoms with Gasteiger partial charge in [0, 0.05) is 23.6 Å². The van der Waals surface area contributed by atoms with Gasteiger partial charge in [0.1, 0.15) is 17.2 Å². The van der Waals surface area contributed by atoms with Crippen LogP contribution in [0.5, 0.6) is 11.5 Å². The third-order valence-electron chi connectivity index (χ3n) is 9.49. The number of fused-ring (bicyclic) bond motifs is 1. The van der Waals surface area contributed by atoms with Crippen LogP contribution in [0.15, 0.2) is 114 Å². The molecule has 3 aliphatic carbocycles. The second-order valence-corrected chi connectivity index (χ2v) is 11.3. The quantitative estimate of drug-likeness (QED) is 0.174. The van der Waals surface area contributed by atoms with Gasteiger partial charge in [-0.05, 0) is 45.8 Å². The van der Waals surface area contributed by atoms with Crippen molar-refractivity contribution in [1.82, 2.24) is 0 Å². The topological polar surface area (TPSA) is 68.2 Å². The van der Waals surface area contributed by atoms with Crippen LogP contribution in [0, 0.1) is 11.8 Å². The monoisotopic (exact) mass is 564 g/mol. The molecule has 1 saturated heterocycles. The van der Waals surface area contributed by atoms with Gasteiger partial charge < -0.3 is 9.47 Å². The van der Waals surface area contributed by atoms with Gasteiger partial charge in [-0.3, -0.25) is 14.6 Å². The van der Waals surface area contributed by atoms with Crippen molar-refractivity contribution in [3.05, 3.63) is 131 Å². The SMILES string of the molecule is COc1ccc(N=CC23c4ccccc4C(c4ccccc42)[C@H]2C(=O)N(c4cccc5ccccc45)C(=O)[C@H]23)c(OC)c1. The number of rotatable bonds is 5. The van der Waals surface area contributed by atoms with Crippen LogP contribution in [0.2, 0.25) is 0 Å². The number of amides is 2. The van der Waals surface area contributed by atoms with Gasteiger partial charge >= 0.3 is 0 Å². The lowest BCUT2D eigenvalue weighted by molar-refractivity contribution is -0.122. The third-order valence-corrected chi connectivity index (χ3v) is 9.49. The summed E-state index contributed by atoms with van der Waals surface area (Å²) in [6.07, 6.45) is 1.89. The van der Waals surface area contributed by atoms with Gasteiger partial charge in [0.05, 0.1) is 37.2 Å². The maximum Gasteiger partial charge on any atom is 0.239 e. The Bertz CT molecular complexity index is 1940. The number of hydrogen-bond donors (Lipinski definition) is 0. The maximum atomic E-state index is 14.8. The zero-order chi connectivity index (χ0) is 29.3. The van der Waals surface area contributed by atoms with E-state index in [4.69, 9.17) is 14.5 Å². The smallest absolute Gasteiger partial charge is 0.239 e. The molecule has 0 N–H and O–H groups in total. The van der Waals surface area contributed by atoms with E-state index in [0.29, 0.717) is 22.9 Å². The molecule has 0 spiro atoms. The van der Waals surface area contributed by atoms with E-state index >= 15 is 0 Å². The Morgan fingerprint density at radius 1 is 0.744 bits per heavy atom. The minimum atomic E-state index is -0.969. The molecular weight excluding hydrogens is 536 g/mol. The normalized spacial score (nSPS) is 23.4. The zero-order valence-electron chi connectivity index (χ0n) is 23.7. The second-order valence-electron chi connectivity index (χ2n) is 11.3. The van der Waals surface area contributed by atoms with E-state index in [1.807, 2.05) is 85.1 Å². The average molecular weight is 565 g/mol. The predicted molar refractivity (Wildman–Crippen MR) is 167 cm³/mol. The summed E-state index contributed by atoms with van der Waals surface area (Å²) in [4.78, 5) is 35.9. The first kappa shape index (κ1) is 25.5. The van der Waals surface area contributed by atoms with Gasteiger partial charge in [-0.1, -0.05) is 84.9 Å². The number of carbonyl (C=O) groups is 2. The molecule has 0 saturated carbocycles. The zero-order valence-corrected chi connectivity index (χ0v) is 23.7. The number of anilines is 1. The molecule has 1 aliphatic heterocycles. The van der Waals surface area contributed by atoms with E-state index in [-0.39, 0.29) is 17.7 Å². The van der Waals surface area contributed by atoms with Crippen molar-refractivity contribution < 1.29 is 19.1 Å². The molecule has 0 unspecified atom stereocenters. The summed E-state index contributed by atoms with van der Waals surface area (Å²) in [6.45, 7) is 0. The average Bonchev–Trinajstić information content (AvgIpc) is 3.33. The highest BCUT2D eigenvalue weighted by atomic mass is 16.5. The molecule has 2 bridgehead atoms. The lowest BCUT2D eigenvalue weighted by Crippen LogP contribution is -2.54. The third kappa shape index (κ3) is 3.37. The van der Waals surface area contributed by atoms with Crippen LogP contribution in [-0.4, -0.2) is 32.2 Å². The van der Waals surface area contributed by atoms with Crippen LogP contribution < -0.4 is 14.4 Å². The van der Waals surface area contributed by atoms with E-state index in [2.05, 4.69) is 24.3 Å². The standard InChI is InChI=1S/C37H28N2O4/c1-42-23-18-19-29(31(20-23)43-2)38-21-37-27-15-7-5-13-25(27)32(26-14-6-8-16-28(26)37)33-34(37)36(41)39(35(33)40)30-17-9-11-22-10-3-4-12-24(22)30/h3-21,32-34H,1-2H3/t32?,33-,34+,37?/m1/s1. The molecule has 1 heterocycles. The summed E-state index contributed by atoms with van der Waals surface area (Å²) in [7, 11) is 3.20. The molecule has 2 atom stereocenters. The van der Waals surface area contributed by atoms with Crippen molar-refractivity contribution in [2.75, 3.05) is 19.1 Å². The van der Waals surface area contributed by atoms with E-state index < -0.39 is 17.3 Å². The van der Waals surface area contributed by atoms with Crippen LogP contribution in [0.1, 0.15) is 28.2 Å². The summed E-state index contributed by atoms with van der Waals surface area (Å²) >= 11 is 0. The molecule has 2 amide bonds. The highest BCUT2D eigenvalue weighted by molar-refractivity contribution is 6.27. The number of methoxy groups -OCH3 is 2. The van der Waals surface area contributed by atoms with Crippen molar-refractivity contribution in [2.24, 2.45) is 16.8 Å². The van der Waals surface area contributed by atoms with Crippen molar-refractivity contribution in [2.45, 2.75) is 11.3 Å². The van der Waals surface area contributed by atoms with Crippen LogP contribution in [0.4, 0.5) is 11.4 Å². The van der Waals surface area contributed by atoms with Crippen LogP contribution in [0.3, 0.4) is 0 Å². The molecule has 6 heteroatoms. The lowest BCUT2D eigenvalue weighted by atomic mass is 9.47. The summed E-state index contributed by atoms with van der Waals surface area (Å²) in [6, 6.07) is 35.5. The van der Waals surface area contributed by atoms with Crippen molar-refractivity contribution in [3.63, 3.8) is 0 Å². The highest BCUT2D eigenvalue weighted by Crippen LogP contribution is 2.64.